The van der Waals surface area contributed by atoms with Crippen LogP contribution in [0, 0.1) is 5.92 Å². The zero-order valence-electron chi connectivity index (χ0n) is 6.65. The molecule has 0 spiro atoms. The molecule has 0 radical (unpaired) electrons. The molecule has 0 heterocycles. The lowest BCUT2D eigenvalue weighted by molar-refractivity contribution is -0.161. The Bertz CT molecular complexity index is 237. The van der Waals surface area contributed by atoms with Gasteiger partial charge in [-0.15, -0.1) is 0 Å². The van der Waals surface area contributed by atoms with Crippen LogP contribution in [0.4, 0.5) is 13.2 Å². The molecule has 68 valence electrons. The predicted molar refractivity (Wildman–Crippen MR) is 40.2 cm³/mol. The summed E-state index contributed by atoms with van der Waals surface area (Å²) in [7, 11) is 0. The predicted octanol–water partition coefficient (Wildman–Crippen LogP) is 2.36. The van der Waals surface area contributed by atoms with Gasteiger partial charge in [0, 0.05) is 5.70 Å². The van der Waals surface area contributed by atoms with E-state index < -0.39 is 12.1 Å². The second-order valence-electron chi connectivity index (χ2n) is 2.95. The fraction of sp³-hybridized carbons (Fsp3) is 0.500. The maximum Gasteiger partial charge on any atom is 0.395 e. The lowest BCUT2D eigenvalue weighted by atomic mass is 9.93. The third-order valence-electron chi connectivity index (χ3n) is 1.95. The van der Waals surface area contributed by atoms with E-state index in [9.17, 15) is 13.2 Å². The van der Waals surface area contributed by atoms with Crippen molar-refractivity contribution in [3.05, 3.63) is 23.4 Å². The molecule has 0 amide bonds. The molecule has 0 aliphatic heterocycles. The molecule has 0 aromatic heterocycles. The molecule has 1 atom stereocenters. The molecule has 4 heteroatoms. The molecule has 0 aromatic carbocycles. The Morgan fingerprint density at radius 2 is 2.08 bits per heavy atom. The van der Waals surface area contributed by atoms with E-state index in [1.54, 1.807) is 6.92 Å². The molecular weight excluding hydrogens is 167 g/mol. The van der Waals surface area contributed by atoms with Gasteiger partial charge < -0.3 is 5.73 Å². The maximum atomic E-state index is 12.1. The van der Waals surface area contributed by atoms with Gasteiger partial charge in [-0.3, -0.25) is 0 Å². The monoisotopic (exact) mass is 177 g/mol. The highest BCUT2D eigenvalue weighted by atomic mass is 19.4. The summed E-state index contributed by atoms with van der Waals surface area (Å²) in [5.41, 5.74) is 6.47. The lowest BCUT2D eigenvalue weighted by Gasteiger charge is -2.20. The smallest absolute Gasteiger partial charge is 0.395 e. The van der Waals surface area contributed by atoms with Gasteiger partial charge in [0.2, 0.25) is 0 Å². The summed E-state index contributed by atoms with van der Waals surface area (Å²) in [6, 6.07) is 0. The van der Waals surface area contributed by atoms with Gasteiger partial charge >= 0.3 is 6.18 Å². The lowest BCUT2D eigenvalue weighted by Crippen LogP contribution is -2.23. The van der Waals surface area contributed by atoms with Gasteiger partial charge in [-0.1, -0.05) is 6.08 Å². The topological polar surface area (TPSA) is 26.0 Å². The Labute approximate surface area is 68.7 Å². The second-order valence-corrected chi connectivity index (χ2v) is 2.95. The zero-order valence-corrected chi connectivity index (χ0v) is 6.65. The fourth-order valence-electron chi connectivity index (χ4n) is 1.10. The minimum Gasteiger partial charge on any atom is -0.399 e. The minimum atomic E-state index is -4.14. The molecular formula is C8H10F3N. The van der Waals surface area contributed by atoms with Gasteiger partial charge in [-0.2, -0.15) is 13.2 Å². The van der Waals surface area contributed by atoms with E-state index in [-0.39, 0.29) is 6.42 Å². The summed E-state index contributed by atoms with van der Waals surface area (Å²) >= 11 is 0. The van der Waals surface area contributed by atoms with Crippen LogP contribution in [-0.4, -0.2) is 6.18 Å². The summed E-state index contributed by atoms with van der Waals surface area (Å²) in [4.78, 5) is 0. The van der Waals surface area contributed by atoms with E-state index in [4.69, 9.17) is 5.73 Å². The standard InChI is InChI=1S/C8H10F3N/c1-5-4-6(8(9,10)11)2-3-7(5)12/h2-3,6H,4,12H2,1H3/t6-/m0/s1. The van der Waals surface area contributed by atoms with E-state index in [1.165, 1.54) is 6.08 Å². The number of halogens is 3. The molecule has 0 saturated carbocycles. The quantitative estimate of drug-likeness (QED) is 0.603. The first-order valence-electron chi connectivity index (χ1n) is 3.61. The van der Waals surface area contributed by atoms with Crippen LogP contribution in [-0.2, 0) is 0 Å². The van der Waals surface area contributed by atoms with Crippen LogP contribution >= 0.6 is 0 Å². The molecule has 0 fully saturated rings. The normalized spacial score (nSPS) is 24.8. The molecule has 1 aliphatic carbocycles. The van der Waals surface area contributed by atoms with Crippen molar-refractivity contribution < 1.29 is 13.2 Å². The van der Waals surface area contributed by atoms with Crippen LogP contribution in [0.3, 0.4) is 0 Å². The number of hydrogen-bond acceptors (Lipinski definition) is 1. The molecule has 0 saturated heterocycles. The first-order chi connectivity index (χ1) is 5.41. The Kier molecular flexibility index (Phi) is 2.17. The van der Waals surface area contributed by atoms with Crippen LogP contribution in [0.2, 0.25) is 0 Å². The molecule has 1 rings (SSSR count). The van der Waals surface area contributed by atoms with Crippen LogP contribution in [0.5, 0.6) is 0 Å². The van der Waals surface area contributed by atoms with Crippen molar-refractivity contribution in [3.8, 4) is 0 Å². The highest BCUT2D eigenvalue weighted by Gasteiger charge is 2.38. The van der Waals surface area contributed by atoms with Crippen molar-refractivity contribution in [2.75, 3.05) is 0 Å². The van der Waals surface area contributed by atoms with E-state index in [1.807, 2.05) is 0 Å². The summed E-state index contributed by atoms with van der Waals surface area (Å²) in [6.45, 7) is 1.62. The third kappa shape index (κ3) is 1.81. The largest absolute Gasteiger partial charge is 0.399 e. The number of hydrogen-bond donors (Lipinski definition) is 1. The summed E-state index contributed by atoms with van der Waals surface area (Å²) in [5, 5.41) is 0. The average molecular weight is 177 g/mol. The van der Waals surface area contributed by atoms with Crippen molar-refractivity contribution in [2.24, 2.45) is 11.7 Å². The molecule has 0 bridgehead atoms. The first-order valence-corrected chi connectivity index (χ1v) is 3.61. The number of alkyl halides is 3. The minimum absolute atomic E-state index is 0.00810. The van der Waals surface area contributed by atoms with Gasteiger partial charge in [-0.05, 0) is 25.0 Å². The highest BCUT2D eigenvalue weighted by Crippen LogP contribution is 2.34. The van der Waals surface area contributed by atoms with Gasteiger partial charge in [0.05, 0.1) is 5.92 Å². The third-order valence-corrected chi connectivity index (χ3v) is 1.95. The average Bonchev–Trinajstić information content (AvgIpc) is 1.92. The van der Waals surface area contributed by atoms with Crippen LogP contribution in [0.15, 0.2) is 23.4 Å². The molecule has 1 aliphatic rings. The van der Waals surface area contributed by atoms with E-state index in [0.29, 0.717) is 11.3 Å². The second kappa shape index (κ2) is 2.84. The fourth-order valence-corrected chi connectivity index (χ4v) is 1.10. The Hall–Kier alpha value is -0.930. The van der Waals surface area contributed by atoms with Crippen LogP contribution < -0.4 is 5.73 Å². The molecule has 2 N–H and O–H groups in total. The van der Waals surface area contributed by atoms with Crippen molar-refractivity contribution in [1.82, 2.24) is 0 Å². The summed E-state index contributed by atoms with van der Waals surface area (Å²) in [5.74, 6) is -1.36. The Morgan fingerprint density at radius 1 is 1.50 bits per heavy atom. The van der Waals surface area contributed by atoms with Crippen molar-refractivity contribution in [3.63, 3.8) is 0 Å². The Balaban J connectivity index is 2.76. The van der Waals surface area contributed by atoms with Crippen molar-refractivity contribution >= 4 is 0 Å². The molecule has 12 heavy (non-hydrogen) atoms. The van der Waals surface area contributed by atoms with Gasteiger partial charge in [0.15, 0.2) is 0 Å². The van der Waals surface area contributed by atoms with Crippen LogP contribution in [0.25, 0.3) is 0 Å². The van der Waals surface area contributed by atoms with E-state index >= 15 is 0 Å². The molecule has 0 unspecified atom stereocenters. The van der Waals surface area contributed by atoms with Gasteiger partial charge in [-0.25, -0.2) is 0 Å². The first kappa shape index (κ1) is 9.16. The van der Waals surface area contributed by atoms with Crippen molar-refractivity contribution in [1.29, 1.82) is 0 Å². The van der Waals surface area contributed by atoms with Gasteiger partial charge in [0.25, 0.3) is 0 Å². The van der Waals surface area contributed by atoms with Gasteiger partial charge in [0.1, 0.15) is 0 Å². The molecule has 0 aromatic rings. The number of rotatable bonds is 0. The van der Waals surface area contributed by atoms with Crippen LogP contribution in [0.1, 0.15) is 13.3 Å². The summed E-state index contributed by atoms with van der Waals surface area (Å²) in [6.07, 6.45) is -1.70. The Morgan fingerprint density at radius 3 is 2.50 bits per heavy atom. The SMILES string of the molecule is CC1=C(N)C=C[C@H](C(F)(F)F)C1. The maximum absolute atomic E-state index is 12.1. The number of nitrogens with two attached hydrogens (primary N) is 1. The van der Waals surface area contributed by atoms with E-state index in [2.05, 4.69) is 0 Å². The zero-order chi connectivity index (χ0) is 9.35. The summed E-state index contributed by atoms with van der Waals surface area (Å²) < 4.78 is 36.4. The van der Waals surface area contributed by atoms with E-state index in [0.717, 1.165) is 6.08 Å². The highest BCUT2D eigenvalue weighted by molar-refractivity contribution is 5.27. The van der Waals surface area contributed by atoms with Crippen molar-refractivity contribution in [2.45, 2.75) is 19.5 Å². The number of allylic oxidation sites excluding steroid dienone is 3. The molecule has 1 nitrogen and oxygen atoms in total.